The van der Waals surface area contributed by atoms with Gasteiger partial charge in [-0.2, -0.15) is 5.26 Å². The first kappa shape index (κ1) is 12.7. The van der Waals surface area contributed by atoms with E-state index in [0.717, 1.165) is 0 Å². The molecule has 1 aromatic heterocycles. The lowest BCUT2D eigenvalue weighted by Crippen LogP contribution is -2.14. The van der Waals surface area contributed by atoms with Crippen molar-refractivity contribution in [1.29, 1.82) is 5.26 Å². The van der Waals surface area contributed by atoms with Gasteiger partial charge in [-0.05, 0) is 12.3 Å². The summed E-state index contributed by atoms with van der Waals surface area (Å²) in [6, 6.07) is 8.85. The van der Waals surface area contributed by atoms with Gasteiger partial charge in [-0.15, -0.1) is 0 Å². The molecule has 0 fully saturated rings. The van der Waals surface area contributed by atoms with Gasteiger partial charge in [-0.25, -0.2) is 4.98 Å². The summed E-state index contributed by atoms with van der Waals surface area (Å²) in [4.78, 5) is 18.6. The summed E-state index contributed by atoms with van der Waals surface area (Å²) in [5, 5.41) is 9.97. The summed E-state index contributed by atoms with van der Waals surface area (Å²) in [7, 11) is 0. The highest BCUT2D eigenvalue weighted by Crippen LogP contribution is 2.27. The van der Waals surface area contributed by atoms with Gasteiger partial charge in [0.1, 0.15) is 11.6 Å². The highest BCUT2D eigenvalue weighted by atomic mass is 35.5. The van der Waals surface area contributed by atoms with E-state index in [2.05, 4.69) is 9.97 Å². The van der Waals surface area contributed by atoms with Crippen LogP contribution in [0.2, 0.25) is 5.02 Å². The number of benzene rings is 1. The third kappa shape index (κ3) is 2.26. The first-order chi connectivity index (χ1) is 8.67. The zero-order valence-electron chi connectivity index (χ0n) is 9.40. The Kier molecular flexibility index (Phi) is 3.70. The minimum Gasteiger partial charge on any atom is -0.300 e. The van der Waals surface area contributed by atoms with Crippen LogP contribution >= 0.6 is 23.4 Å². The summed E-state index contributed by atoms with van der Waals surface area (Å²) in [6.45, 7) is 0. The first-order valence-electron chi connectivity index (χ1n) is 5.00. The van der Waals surface area contributed by atoms with Gasteiger partial charge in [0, 0.05) is 5.56 Å². The van der Waals surface area contributed by atoms with Crippen molar-refractivity contribution >= 4 is 23.4 Å². The van der Waals surface area contributed by atoms with Crippen LogP contribution in [0.4, 0.5) is 0 Å². The lowest BCUT2D eigenvalue weighted by atomic mass is 10.1. The van der Waals surface area contributed by atoms with Gasteiger partial charge in [0.05, 0.1) is 10.7 Å². The molecule has 2 aromatic rings. The number of aromatic nitrogens is 2. The minimum absolute atomic E-state index is 0.0269. The molecule has 0 aliphatic rings. The zero-order valence-corrected chi connectivity index (χ0v) is 11.0. The molecule has 0 unspecified atom stereocenters. The summed E-state index contributed by atoms with van der Waals surface area (Å²) in [5.74, 6) is 0. The summed E-state index contributed by atoms with van der Waals surface area (Å²) in [6.07, 6.45) is 1.79. The molecule has 6 heteroatoms. The van der Waals surface area contributed by atoms with Crippen LogP contribution in [0.1, 0.15) is 5.56 Å². The number of hydrogen-bond donors (Lipinski definition) is 1. The van der Waals surface area contributed by atoms with Crippen LogP contribution in [-0.4, -0.2) is 16.2 Å². The number of halogens is 1. The Morgan fingerprint density at radius 3 is 2.78 bits per heavy atom. The van der Waals surface area contributed by atoms with Crippen LogP contribution in [0.5, 0.6) is 0 Å². The lowest BCUT2D eigenvalue weighted by Gasteiger charge is -2.06. The van der Waals surface area contributed by atoms with Gasteiger partial charge in [-0.1, -0.05) is 41.6 Å². The molecular formula is C12H8ClN3OS. The maximum absolute atomic E-state index is 11.8. The number of hydrogen-bond acceptors (Lipinski definition) is 4. The summed E-state index contributed by atoms with van der Waals surface area (Å²) < 4.78 is 0. The van der Waals surface area contributed by atoms with E-state index >= 15 is 0 Å². The van der Waals surface area contributed by atoms with Crippen LogP contribution in [0.25, 0.3) is 11.3 Å². The highest BCUT2D eigenvalue weighted by molar-refractivity contribution is 7.98. The van der Waals surface area contributed by atoms with Crippen LogP contribution in [0, 0.1) is 11.3 Å². The van der Waals surface area contributed by atoms with E-state index in [-0.39, 0.29) is 5.56 Å². The number of aromatic amines is 1. The van der Waals surface area contributed by atoms with Crippen molar-refractivity contribution in [1.82, 2.24) is 9.97 Å². The molecule has 1 aromatic carbocycles. The molecule has 0 atom stereocenters. The molecular weight excluding hydrogens is 270 g/mol. The molecule has 0 saturated carbocycles. The molecule has 18 heavy (non-hydrogen) atoms. The molecule has 0 aliphatic carbocycles. The third-order valence-corrected chi connectivity index (χ3v) is 3.24. The van der Waals surface area contributed by atoms with Crippen molar-refractivity contribution in [3.05, 3.63) is 45.2 Å². The van der Waals surface area contributed by atoms with Crippen LogP contribution in [0.3, 0.4) is 0 Å². The SMILES string of the molecule is CSc1nc(-c2ccccc2Cl)c(C#N)c(=O)[nH]1. The van der Waals surface area contributed by atoms with Gasteiger partial charge < -0.3 is 4.98 Å². The van der Waals surface area contributed by atoms with Gasteiger partial charge in [0.15, 0.2) is 5.16 Å². The summed E-state index contributed by atoms with van der Waals surface area (Å²) >= 11 is 7.36. The van der Waals surface area contributed by atoms with Crippen LogP contribution < -0.4 is 5.56 Å². The smallest absolute Gasteiger partial charge is 0.270 e. The second-order valence-electron chi connectivity index (χ2n) is 3.39. The predicted molar refractivity (Wildman–Crippen MR) is 71.8 cm³/mol. The standard InChI is InChI=1S/C12H8ClN3OS/c1-18-12-15-10(8(6-14)11(17)16-12)7-4-2-3-5-9(7)13/h2-5H,1H3,(H,15,16,17). The Morgan fingerprint density at radius 1 is 1.44 bits per heavy atom. The van der Waals surface area contributed by atoms with Crippen molar-refractivity contribution in [3.63, 3.8) is 0 Å². The Morgan fingerprint density at radius 2 is 2.17 bits per heavy atom. The molecule has 0 saturated heterocycles. The molecule has 0 spiro atoms. The molecule has 2 rings (SSSR count). The average Bonchev–Trinajstić information content (AvgIpc) is 2.38. The van der Waals surface area contributed by atoms with Gasteiger partial charge >= 0.3 is 0 Å². The molecule has 0 bridgehead atoms. The van der Waals surface area contributed by atoms with E-state index in [9.17, 15) is 4.79 Å². The fourth-order valence-corrected chi connectivity index (χ4v) is 2.10. The molecule has 0 amide bonds. The number of nitrogens with zero attached hydrogens (tertiary/aromatic N) is 2. The second kappa shape index (κ2) is 5.25. The maximum Gasteiger partial charge on any atom is 0.270 e. The molecule has 1 N–H and O–H groups in total. The monoisotopic (exact) mass is 277 g/mol. The van der Waals surface area contributed by atoms with Gasteiger partial charge in [-0.3, -0.25) is 4.79 Å². The molecule has 0 radical (unpaired) electrons. The highest BCUT2D eigenvalue weighted by Gasteiger charge is 2.14. The molecule has 1 heterocycles. The Bertz CT molecular complexity index is 690. The zero-order chi connectivity index (χ0) is 13.1. The van der Waals surface area contributed by atoms with Crippen molar-refractivity contribution in [2.75, 3.05) is 6.26 Å². The van der Waals surface area contributed by atoms with E-state index in [0.29, 0.717) is 21.4 Å². The van der Waals surface area contributed by atoms with Crippen LogP contribution in [-0.2, 0) is 0 Å². The average molecular weight is 278 g/mol. The molecule has 0 aliphatic heterocycles. The Balaban J connectivity index is 2.78. The maximum atomic E-state index is 11.8. The fourth-order valence-electron chi connectivity index (χ4n) is 1.50. The number of nitrogens with one attached hydrogen (secondary N) is 1. The van der Waals surface area contributed by atoms with Gasteiger partial charge in [0.2, 0.25) is 0 Å². The fraction of sp³-hybridized carbons (Fsp3) is 0.0833. The van der Waals surface area contributed by atoms with E-state index in [1.807, 2.05) is 6.07 Å². The van der Waals surface area contributed by atoms with E-state index in [1.54, 1.807) is 30.5 Å². The lowest BCUT2D eigenvalue weighted by molar-refractivity contribution is 0.938. The van der Waals surface area contributed by atoms with E-state index < -0.39 is 5.56 Å². The van der Waals surface area contributed by atoms with Crippen LogP contribution in [0.15, 0.2) is 34.2 Å². The molecule has 4 nitrogen and oxygen atoms in total. The van der Waals surface area contributed by atoms with Crippen molar-refractivity contribution < 1.29 is 0 Å². The normalized spacial score (nSPS) is 10.1. The largest absolute Gasteiger partial charge is 0.300 e. The number of nitriles is 1. The Labute approximate surface area is 113 Å². The number of thioether (sulfide) groups is 1. The third-order valence-electron chi connectivity index (χ3n) is 2.33. The quantitative estimate of drug-likeness (QED) is 0.677. The minimum atomic E-state index is -0.452. The predicted octanol–water partition coefficient (Wildman–Crippen LogP) is 2.68. The summed E-state index contributed by atoms with van der Waals surface area (Å²) in [5.41, 5.74) is 0.418. The first-order valence-corrected chi connectivity index (χ1v) is 6.61. The van der Waals surface area contributed by atoms with E-state index in [1.165, 1.54) is 11.8 Å². The topological polar surface area (TPSA) is 69.5 Å². The van der Waals surface area contributed by atoms with Crippen molar-refractivity contribution in [2.24, 2.45) is 0 Å². The number of rotatable bonds is 2. The van der Waals surface area contributed by atoms with Gasteiger partial charge in [0.25, 0.3) is 5.56 Å². The molecule has 90 valence electrons. The second-order valence-corrected chi connectivity index (χ2v) is 4.59. The van der Waals surface area contributed by atoms with Crippen molar-refractivity contribution in [2.45, 2.75) is 5.16 Å². The Hall–Kier alpha value is -1.77. The van der Waals surface area contributed by atoms with Crippen molar-refractivity contribution in [3.8, 4) is 17.3 Å². The van der Waals surface area contributed by atoms with E-state index in [4.69, 9.17) is 16.9 Å². The number of H-pyrrole nitrogens is 1.